The Labute approximate surface area is 142 Å². The van der Waals surface area contributed by atoms with Gasteiger partial charge in [-0.05, 0) is 13.8 Å². The number of rotatable bonds is 6. The third-order valence-corrected chi connectivity index (χ3v) is 3.06. The number of nitrogens with one attached hydrogen (secondary N) is 1. The van der Waals surface area contributed by atoms with E-state index < -0.39 is 23.1 Å². The lowest BCUT2D eigenvalue weighted by Crippen LogP contribution is -2.23. The van der Waals surface area contributed by atoms with Crippen molar-refractivity contribution in [2.24, 2.45) is 5.14 Å². The topological polar surface area (TPSA) is 151 Å². The molecule has 0 radical (unpaired) electrons. The van der Waals surface area contributed by atoms with Gasteiger partial charge in [0, 0.05) is 0 Å². The summed E-state index contributed by atoms with van der Waals surface area (Å²) in [6.07, 6.45) is 1.84. The standard InChI is InChI=1S/C10H16N6O4S.C3H8/c1-5(3-19-21(12)18)20-6(2)16-4-13-7-8(16)14-10(11)15-9(7)17;1-3-2/h4-6H,3,12H2,1-2H3,(H3,11,14,15,17);3H2,1-2H3. The van der Waals surface area contributed by atoms with E-state index in [1.807, 2.05) is 0 Å². The van der Waals surface area contributed by atoms with E-state index in [0.29, 0.717) is 5.65 Å². The summed E-state index contributed by atoms with van der Waals surface area (Å²) in [6, 6.07) is 0. The number of anilines is 1. The molecule has 136 valence electrons. The van der Waals surface area contributed by atoms with Crippen molar-refractivity contribution in [3.8, 4) is 0 Å². The van der Waals surface area contributed by atoms with E-state index in [9.17, 15) is 9.00 Å². The van der Waals surface area contributed by atoms with Crippen molar-refractivity contribution in [1.29, 1.82) is 0 Å². The molecule has 3 atom stereocenters. The monoisotopic (exact) mass is 360 g/mol. The van der Waals surface area contributed by atoms with Crippen LogP contribution in [-0.2, 0) is 20.2 Å². The van der Waals surface area contributed by atoms with Gasteiger partial charge in [0.2, 0.25) is 17.2 Å². The summed E-state index contributed by atoms with van der Waals surface area (Å²) in [5.74, 6) is -0.00337. The van der Waals surface area contributed by atoms with E-state index in [1.54, 1.807) is 18.4 Å². The molecule has 2 aromatic rings. The minimum atomic E-state index is -1.84. The van der Waals surface area contributed by atoms with Crippen LogP contribution < -0.4 is 16.4 Å². The SMILES string of the molecule is CC(COS(N)=O)OC(C)n1cnc2c(=O)[nH]c(N)nc21.CCC. The molecule has 0 saturated heterocycles. The minimum Gasteiger partial charge on any atom is -0.369 e. The number of nitrogen functional groups attached to an aromatic ring is 1. The van der Waals surface area contributed by atoms with Crippen LogP contribution in [0.3, 0.4) is 0 Å². The second-order valence-corrected chi connectivity index (χ2v) is 5.83. The van der Waals surface area contributed by atoms with Gasteiger partial charge in [0.05, 0.1) is 19.0 Å². The number of hydrogen-bond donors (Lipinski definition) is 3. The van der Waals surface area contributed by atoms with Gasteiger partial charge in [0.25, 0.3) is 5.56 Å². The third kappa shape index (κ3) is 5.67. The highest BCUT2D eigenvalue weighted by molar-refractivity contribution is 7.77. The molecule has 2 heterocycles. The number of aromatic amines is 1. The Hall–Kier alpha value is -1.82. The lowest BCUT2D eigenvalue weighted by molar-refractivity contribution is -0.0482. The zero-order chi connectivity index (χ0) is 18.3. The summed E-state index contributed by atoms with van der Waals surface area (Å²) in [6.45, 7) is 7.80. The zero-order valence-electron chi connectivity index (χ0n) is 14.2. The summed E-state index contributed by atoms with van der Waals surface area (Å²) in [4.78, 5) is 22.1. The molecule has 11 heteroatoms. The molecule has 0 bridgehead atoms. The molecule has 24 heavy (non-hydrogen) atoms. The van der Waals surface area contributed by atoms with E-state index in [2.05, 4.69) is 28.8 Å². The largest absolute Gasteiger partial charge is 0.369 e. The van der Waals surface area contributed by atoms with E-state index in [1.165, 1.54) is 12.7 Å². The van der Waals surface area contributed by atoms with Crippen molar-refractivity contribution in [1.82, 2.24) is 19.5 Å². The van der Waals surface area contributed by atoms with Crippen LogP contribution in [0.1, 0.15) is 40.3 Å². The maximum Gasteiger partial charge on any atom is 0.280 e. The van der Waals surface area contributed by atoms with Crippen LogP contribution in [-0.4, -0.2) is 36.4 Å². The Bertz CT molecular complexity index is 731. The second kappa shape index (κ2) is 9.47. The number of nitrogens with two attached hydrogens (primary N) is 2. The van der Waals surface area contributed by atoms with E-state index in [-0.39, 0.29) is 24.2 Å². The molecule has 0 aliphatic rings. The third-order valence-electron chi connectivity index (χ3n) is 2.69. The quantitative estimate of drug-likeness (QED) is 0.682. The van der Waals surface area contributed by atoms with Gasteiger partial charge in [-0.25, -0.2) is 14.3 Å². The highest BCUT2D eigenvalue weighted by Gasteiger charge is 2.16. The summed E-state index contributed by atoms with van der Waals surface area (Å²) in [7, 11) is 0. The van der Waals surface area contributed by atoms with E-state index >= 15 is 0 Å². The molecule has 0 spiro atoms. The molecule has 5 N–H and O–H groups in total. The van der Waals surface area contributed by atoms with Crippen LogP contribution in [0.15, 0.2) is 11.1 Å². The van der Waals surface area contributed by atoms with Crippen molar-refractivity contribution >= 4 is 28.4 Å². The summed E-state index contributed by atoms with van der Waals surface area (Å²) in [5.41, 5.74) is 5.59. The van der Waals surface area contributed by atoms with Gasteiger partial charge in [0.15, 0.2) is 11.2 Å². The maximum atomic E-state index is 11.7. The lowest BCUT2D eigenvalue weighted by atomic mass is 10.4. The van der Waals surface area contributed by atoms with Gasteiger partial charge in [0.1, 0.15) is 6.23 Å². The molecular weight excluding hydrogens is 336 g/mol. The van der Waals surface area contributed by atoms with Gasteiger partial charge in [-0.15, -0.1) is 0 Å². The van der Waals surface area contributed by atoms with Crippen LogP contribution in [0.2, 0.25) is 0 Å². The van der Waals surface area contributed by atoms with Crippen molar-refractivity contribution in [3.05, 3.63) is 16.7 Å². The van der Waals surface area contributed by atoms with Gasteiger partial charge in [-0.3, -0.25) is 18.5 Å². The lowest BCUT2D eigenvalue weighted by Gasteiger charge is -2.19. The highest BCUT2D eigenvalue weighted by Crippen LogP contribution is 2.16. The second-order valence-electron chi connectivity index (χ2n) is 5.07. The average molecular weight is 360 g/mol. The molecule has 0 fully saturated rings. The summed E-state index contributed by atoms with van der Waals surface area (Å²) >= 11 is -1.84. The predicted octanol–water partition coefficient (Wildman–Crippen LogP) is 0.596. The molecule has 0 amide bonds. The zero-order valence-corrected chi connectivity index (χ0v) is 15.0. The molecule has 0 aliphatic carbocycles. The Morgan fingerprint density at radius 3 is 2.62 bits per heavy atom. The van der Waals surface area contributed by atoms with Crippen LogP contribution >= 0.6 is 0 Å². The maximum absolute atomic E-state index is 11.7. The van der Waals surface area contributed by atoms with Gasteiger partial charge < -0.3 is 10.5 Å². The molecule has 0 aromatic carbocycles. The van der Waals surface area contributed by atoms with Crippen LogP contribution in [0.5, 0.6) is 0 Å². The fourth-order valence-corrected chi connectivity index (χ4v) is 2.14. The van der Waals surface area contributed by atoms with Crippen molar-refractivity contribution in [2.75, 3.05) is 12.3 Å². The number of fused-ring (bicyclic) bond motifs is 1. The molecule has 0 aliphatic heterocycles. The Morgan fingerprint density at radius 1 is 1.42 bits per heavy atom. The van der Waals surface area contributed by atoms with Crippen molar-refractivity contribution in [2.45, 2.75) is 46.4 Å². The van der Waals surface area contributed by atoms with E-state index in [0.717, 1.165) is 0 Å². The average Bonchev–Trinajstić information content (AvgIpc) is 2.90. The normalized spacial score (nSPS) is 14.7. The first-order valence-corrected chi connectivity index (χ1v) is 8.61. The summed E-state index contributed by atoms with van der Waals surface area (Å²) < 4.78 is 22.6. The van der Waals surface area contributed by atoms with Crippen molar-refractivity contribution < 1.29 is 13.1 Å². The first-order valence-electron chi connectivity index (χ1n) is 7.47. The Balaban J connectivity index is 0.000000891. The smallest absolute Gasteiger partial charge is 0.280 e. The molecule has 2 aromatic heterocycles. The fourth-order valence-electron chi connectivity index (χ4n) is 1.81. The molecule has 3 unspecified atom stereocenters. The first-order chi connectivity index (χ1) is 11.3. The number of ether oxygens (including phenoxy) is 1. The molecule has 10 nitrogen and oxygen atoms in total. The van der Waals surface area contributed by atoms with Gasteiger partial charge in [-0.1, -0.05) is 20.3 Å². The van der Waals surface area contributed by atoms with Crippen LogP contribution in [0, 0.1) is 0 Å². The molecule has 0 saturated carbocycles. The number of hydrogen-bond acceptors (Lipinski definition) is 7. The van der Waals surface area contributed by atoms with Crippen LogP contribution in [0.4, 0.5) is 5.95 Å². The van der Waals surface area contributed by atoms with Crippen molar-refractivity contribution in [3.63, 3.8) is 0 Å². The number of aromatic nitrogens is 4. The Morgan fingerprint density at radius 2 is 2.04 bits per heavy atom. The molecular formula is C13H24N6O4S. The van der Waals surface area contributed by atoms with Gasteiger partial charge >= 0.3 is 0 Å². The fraction of sp³-hybridized carbons (Fsp3) is 0.615. The Kier molecular flexibility index (Phi) is 7.98. The minimum absolute atomic E-state index is 0.00337. The number of imidazole rings is 1. The van der Waals surface area contributed by atoms with E-state index in [4.69, 9.17) is 19.8 Å². The summed E-state index contributed by atoms with van der Waals surface area (Å²) in [5, 5.41) is 4.99. The molecule has 2 rings (SSSR count). The first kappa shape index (κ1) is 20.2. The number of nitrogens with zero attached hydrogens (tertiary/aromatic N) is 3. The highest BCUT2D eigenvalue weighted by atomic mass is 32.2. The predicted molar refractivity (Wildman–Crippen MR) is 92.1 cm³/mol. The van der Waals surface area contributed by atoms with Crippen LogP contribution in [0.25, 0.3) is 11.2 Å². The van der Waals surface area contributed by atoms with Gasteiger partial charge in [-0.2, -0.15) is 4.98 Å². The number of H-pyrrole nitrogens is 1.